The monoisotopic (exact) mass is 545 g/mol. The summed E-state index contributed by atoms with van der Waals surface area (Å²) in [6, 6.07) is 10.6. The molecule has 0 spiro atoms. The first kappa shape index (κ1) is 25.5. The average Bonchev–Trinajstić information content (AvgIpc) is 3.50. The predicted octanol–water partition coefficient (Wildman–Crippen LogP) is 4.90. The number of nitrogens with zero attached hydrogens (tertiary/aromatic N) is 5. The molecule has 0 radical (unpaired) electrons. The lowest BCUT2D eigenvalue weighted by Gasteiger charge is -2.36. The van der Waals surface area contributed by atoms with E-state index >= 15 is 4.39 Å². The van der Waals surface area contributed by atoms with Crippen LogP contribution in [-0.2, 0) is 9.84 Å². The number of ether oxygens (including phenoxy) is 1. The van der Waals surface area contributed by atoms with E-state index in [-0.39, 0.29) is 29.4 Å². The van der Waals surface area contributed by atoms with Gasteiger partial charge in [-0.25, -0.2) is 22.8 Å². The molecule has 3 atom stereocenters. The number of piperidine rings is 1. The number of pyridine rings is 1. The first-order valence-electron chi connectivity index (χ1n) is 12.1. The van der Waals surface area contributed by atoms with Gasteiger partial charge in [0.15, 0.2) is 15.7 Å². The van der Waals surface area contributed by atoms with E-state index in [4.69, 9.17) is 9.26 Å². The molecule has 9 nitrogen and oxygen atoms in total. The van der Waals surface area contributed by atoms with Crippen molar-refractivity contribution in [3.05, 3.63) is 42.2 Å². The van der Waals surface area contributed by atoms with Gasteiger partial charge in [0.1, 0.15) is 22.6 Å². The fourth-order valence-electron chi connectivity index (χ4n) is 4.34. The van der Waals surface area contributed by atoms with Crippen molar-refractivity contribution < 1.29 is 22.1 Å². The third-order valence-electron chi connectivity index (χ3n) is 6.51. The lowest BCUT2D eigenvalue weighted by molar-refractivity contribution is 0.0707. The normalized spacial score (nSPS) is 19.5. The zero-order valence-corrected chi connectivity index (χ0v) is 22.6. The van der Waals surface area contributed by atoms with Crippen LogP contribution < -0.4 is 9.64 Å². The Hall–Kier alpha value is -3.12. The second kappa shape index (κ2) is 9.97. The lowest BCUT2D eigenvalue weighted by atomic mass is 9.90. The summed E-state index contributed by atoms with van der Waals surface area (Å²) in [7, 11) is -3.26. The van der Waals surface area contributed by atoms with Gasteiger partial charge in [-0.15, -0.1) is 0 Å². The van der Waals surface area contributed by atoms with E-state index in [1.54, 1.807) is 29.2 Å². The molecule has 1 aliphatic heterocycles. The van der Waals surface area contributed by atoms with Gasteiger partial charge < -0.3 is 14.2 Å². The molecule has 5 rings (SSSR count). The summed E-state index contributed by atoms with van der Waals surface area (Å²) >= 11 is 1.30. The minimum atomic E-state index is -3.26. The molecule has 12 heteroatoms. The first-order chi connectivity index (χ1) is 17.6. The molecule has 196 valence electrons. The summed E-state index contributed by atoms with van der Waals surface area (Å²) in [6.45, 7) is 6.59. The van der Waals surface area contributed by atoms with E-state index in [0.717, 1.165) is 5.56 Å². The Morgan fingerprint density at radius 3 is 2.51 bits per heavy atom. The van der Waals surface area contributed by atoms with Gasteiger partial charge in [0, 0.05) is 30.2 Å². The van der Waals surface area contributed by atoms with Gasteiger partial charge in [0.05, 0.1) is 17.1 Å². The largest absolute Gasteiger partial charge is 0.467 e. The number of thiazole rings is 1. The van der Waals surface area contributed by atoms with Crippen molar-refractivity contribution in [2.45, 2.75) is 50.3 Å². The number of halogens is 1. The van der Waals surface area contributed by atoms with Gasteiger partial charge >= 0.3 is 6.01 Å². The Kier molecular flexibility index (Phi) is 6.88. The summed E-state index contributed by atoms with van der Waals surface area (Å²) in [4.78, 5) is 16.3. The molecule has 1 saturated heterocycles. The van der Waals surface area contributed by atoms with Crippen molar-refractivity contribution in [2.75, 3.05) is 24.2 Å². The Balaban J connectivity index is 1.25. The number of benzene rings is 1. The van der Waals surface area contributed by atoms with Crippen molar-refractivity contribution in [3.8, 4) is 16.5 Å². The molecule has 0 saturated carbocycles. The molecular formula is C25H28FN5O4S2. The maximum Gasteiger partial charge on any atom is 0.324 e. The first-order valence-corrected chi connectivity index (χ1v) is 14.8. The summed E-state index contributed by atoms with van der Waals surface area (Å²) in [5.74, 6) is 0.458. The van der Waals surface area contributed by atoms with Gasteiger partial charge in [-0.05, 0) is 37.6 Å². The van der Waals surface area contributed by atoms with Crippen LogP contribution in [0.5, 0.6) is 5.19 Å². The minimum Gasteiger partial charge on any atom is -0.467 e. The SMILES string of the molecule is CC(C)c1noc(N2CCC(C(C)Oc3nc4ccc(-c5ccc(S(C)(=O)=O)cc5)nc4s3)C(F)C2)n1. The number of sulfone groups is 1. The zero-order chi connectivity index (χ0) is 26.3. The fraction of sp³-hybridized carbons (Fsp3) is 0.440. The molecule has 1 aromatic carbocycles. The van der Waals surface area contributed by atoms with Gasteiger partial charge in [0.25, 0.3) is 5.19 Å². The third kappa shape index (κ3) is 5.45. The minimum absolute atomic E-state index is 0.143. The van der Waals surface area contributed by atoms with Gasteiger partial charge in [-0.3, -0.25) is 0 Å². The van der Waals surface area contributed by atoms with E-state index in [1.807, 2.05) is 32.9 Å². The van der Waals surface area contributed by atoms with Crippen LogP contribution in [0.2, 0.25) is 0 Å². The second-order valence-electron chi connectivity index (χ2n) is 9.62. The van der Waals surface area contributed by atoms with E-state index in [0.29, 0.717) is 46.0 Å². The van der Waals surface area contributed by atoms with E-state index in [9.17, 15) is 8.42 Å². The highest BCUT2D eigenvalue weighted by Gasteiger charge is 2.36. The molecule has 4 aromatic rings. The molecule has 0 amide bonds. The fourth-order valence-corrected chi connectivity index (χ4v) is 5.84. The molecule has 1 fully saturated rings. The molecule has 3 unspecified atom stereocenters. The molecule has 3 aromatic heterocycles. The number of fused-ring (bicyclic) bond motifs is 1. The van der Waals surface area contributed by atoms with E-state index < -0.39 is 16.0 Å². The van der Waals surface area contributed by atoms with E-state index in [1.165, 1.54) is 17.6 Å². The Morgan fingerprint density at radius 1 is 1.11 bits per heavy atom. The summed E-state index contributed by atoms with van der Waals surface area (Å²) < 4.78 is 50.0. The van der Waals surface area contributed by atoms with Crippen molar-refractivity contribution in [2.24, 2.45) is 5.92 Å². The lowest BCUT2D eigenvalue weighted by Crippen LogP contribution is -2.46. The van der Waals surface area contributed by atoms with Crippen LogP contribution in [0, 0.1) is 5.92 Å². The van der Waals surface area contributed by atoms with Gasteiger partial charge in [-0.2, -0.15) is 4.98 Å². The Labute approximate surface area is 218 Å². The number of hydrogen-bond acceptors (Lipinski definition) is 10. The topological polar surface area (TPSA) is 111 Å². The van der Waals surface area contributed by atoms with Crippen molar-refractivity contribution in [3.63, 3.8) is 0 Å². The second-order valence-corrected chi connectivity index (χ2v) is 12.6. The van der Waals surface area contributed by atoms with Gasteiger partial charge in [-0.1, -0.05) is 42.5 Å². The smallest absolute Gasteiger partial charge is 0.324 e. The summed E-state index contributed by atoms with van der Waals surface area (Å²) in [5, 5.41) is 4.41. The maximum atomic E-state index is 15.2. The molecule has 0 aliphatic carbocycles. The predicted molar refractivity (Wildman–Crippen MR) is 140 cm³/mol. The standard InChI is InChI=1S/C25H28FN5O4S2/c1-14(2)22-29-24(35-30-22)31-12-11-18(19(26)13-31)15(3)34-25-28-21-10-9-20(27-23(21)36-25)16-5-7-17(8-6-16)37(4,32)33/h5-10,14-15,18-19H,11-13H2,1-4H3. The molecule has 0 bridgehead atoms. The van der Waals surface area contributed by atoms with Crippen molar-refractivity contribution in [1.82, 2.24) is 20.1 Å². The molecule has 37 heavy (non-hydrogen) atoms. The highest BCUT2D eigenvalue weighted by molar-refractivity contribution is 7.90. The van der Waals surface area contributed by atoms with E-state index in [2.05, 4.69) is 20.1 Å². The molecule has 4 heterocycles. The Bertz CT molecular complexity index is 1500. The van der Waals surface area contributed by atoms with Crippen LogP contribution in [0.15, 0.2) is 45.8 Å². The van der Waals surface area contributed by atoms with Crippen molar-refractivity contribution in [1.29, 1.82) is 0 Å². The van der Waals surface area contributed by atoms with Crippen LogP contribution >= 0.6 is 11.3 Å². The van der Waals surface area contributed by atoms with Crippen LogP contribution in [0.1, 0.15) is 38.9 Å². The van der Waals surface area contributed by atoms with Crippen LogP contribution in [0.4, 0.5) is 10.4 Å². The zero-order valence-electron chi connectivity index (χ0n) is 21.0. The number of aromatic nitrogens is 4. The Morgan fingerprint density at radius 2 is 1.86 bits per heavy atom. The molecular weight excluding hydrogens is 517 g/mol. The maximum absolute atomic E-state index is 15.2. The quantitative estimate of drug-likeness (QED) is 0.320. The third-order valence-corrected chi connectivity index (χ3v) is 8.50. The number of alkyl halides is 1. The van der Waals surface area contributed by atoms with Crippen molar-refractivity contribution >= 4 is 37.5 Å². The molecule has 1 aliphatic rings. The van der Waals surface area contributed by atoms with Gasteiger partial charge in [0.2, 0.25) is 0 Å². The van der Waals surface area contributed by atoms with Crippen LogP contribution in [0.25, 0.3) is 21.6 Å². The molecule has 0 N–H and O–H groups in total. The number of hydrogen-bond donors (Lipinski definition) is 0. The van der Waals surface area contributed by atoms with Crippen LogP contribution in [-0.4, -0.2) is 60.1 Å². The average molecular weight is 546 g/mol. The van der Waals surface area contributed by atoms with Crippen LogP contribution in [0.3, 0.4) is 0 Å². The summed E-state index contributed by atoms with van der Waals surface area (Å²) in [6.07, 6.45) is 0.261. The number of anilines is 1. The highest BCUT2D eigenvalue weighted by atomic mass is 32.2. The summed E-state index contributed by atoms with van der Waals surface area (Å²) in [5.41, 5.74) is 2.19. The number of rotatable bonds is 7. The highest BCUT2D eigenvalue weighted by Crippen LogP contribution is 2.33.